The molecule has 1 fully saturated rings. The molecule has 0 N–H and O–H groups in total. The zero-order valence-corrected chi connectivity index (χ0v) is 18.9. The van der Waals surface area contributed by atoms with Crippen molar-refractivity contribution in [2.24, 2.45) is 11.8 Å². The number of hydrogen-bond acceptors (Lipinski definition) is 5. The third kappa shape index (κ3) is 4.19. The van der Waals surface area contributed by atoms with Gasteiger partial charge in [-0.2, -0.15) is 0 Å². The first-order valence-corrected chi connectivity index (χ1v) is 11.6. The van der Waals surface area contributed by atoms with E-state index in [0.717, 1.165) is 46.7 Å². The van der Waals surface area contributed by atoms with Gasteiger partial charge in [-0.15, -0.1) is 11.8 Å². The van der Waals surface area contributed by atoms with E-state index in [1.807, 2.05) is 30.6 Å². The number of benzene rings is 1. The molecule has 3 aromatic rings. The van der Waals surface area contributed by atoms with Crippen molar-refractivity contribution in [2.75, 3.05) is 31.4 Å². The zero-order valence-electron chi connectivity index (χ0n) is 17.4. The van der Waals surface area contributed by atoms with Gasteiger partial charge in [0.1, 0.15) is 22.3 Å². The molecule has 1 aliphatic carbocycles. The number of methoxy groups -OCH3 is 1. The lowest BCUT2D eigenvalue weighted by Gasteiger charge is -2.27. The maximum Gasteiger partial charge on any atom is 0.166 e. The van der Waals surface area contributed by atoms with Crippen LogP contribution in [0.15, 0.2) is 35.6 Å². The second-order valence-electron chi connectivity index (χ2n) is 8.00. The van der Waals surface area contributed by atoms with Crippen LogP contribution in [0.5, 0.6) is 5.75 Å². The Kier molecular flexibility index (Phi) is 5.93. The van der Waals surface area contributed by atoms with Crippen LogP contribution >= 0.6 is 23.4 Å². The molecule has 1 aromatic carbocycles. The van der Waals surface area contributed by atoms with Crippen LogP contribution in [0.2, 0.25) is 5.02 Å². The minimum absolute atomic E-state index is 0.575. The molecule has 0 saturated heterocycles. The lowest BCUT2D eigenvalue weighted by molar-refractivity contribution is 0.415. The van der Waals surface area contributed by atoms with Gasteiger partial charge in [0, 0.05) is 31.0 Å². The van der Waals surface area contributed by atoms with E-state index in [9.17, 15) is 0 Å². The highest BCUT2D eigenvalue weighted by Gasteiger charge is 2.28. The van der Waals surface area contributed by atoms with E-state index in [-0.39, 0.29) is 0 Å². The fraction of sp³-hybridized carbons (Fsp3) is 0.455. The first-order valence-electron chi connectivity index (χ1n) is 10.0. The van der Waals surface area contributed by atoms with E-state index in [4.69, 9.17) is 21.3 Å². The largest absolute Gasteiger partial charge is 0.497 e. The molecule has 0 amide bonds. The van der Waals surface area contributed by atoms with Crippen LogP contribution in [0.25, 0.3) is 16.9 Å². The summed E-state index contributed by atoms with van der Waals surface area (Å²) in [6, 6.07) is 5.68. The maximum absolute atomic E-state index is 6.56. The highest BCUT2D eigenvalue weighted by atomic mass is 35.5. The number of ether oxygens (including phenoxy) is 1. The van der Waals surface area contributed by atoms with E-state index in [1.54, 1.807) is 18.9 Å². The Morgan fingerprint density at radius 3 is 2.76 bits per heavy atom. The van der Waals surface area contributed by atoms with Gasteiger partial charge in [0.05, 0.1) is 12.1 Å². The maximum atomic E-state index is 6.56. The predicted molar refractivity (Wildman–Crippen MR) is 122 cm³/mol. The van der Waals surface area contributed by atoms with Crippen molar-refractivity contribution in [2.45, 2.75) is 31.7 Å². The minimum Gasteiger partial charge on any atom is -0.497 e. The summed E-state index contributed by atoms with van der Waals surface area (Å²) in [5, 5.41) is 1.64. The van der Waals surface area contributed by atoms with E-state index in [2.05, 4.69) is 34.4 Å². The Morgan fingerprint density at radius 1 is 1.34 bits per heavy atom. The summed E-state index contributed by atoms with van der Waals surface area (Å²) in [5.74, 6) is 3.27. The number of imidazole rings is 1. The third-order valence-electron chi connectivity index (χ3n) is 5.17. The SMILES string of the molecule is COc1ccc(-c2nccn3c(N(CC(C)C)CC4CC4)c(SC)nc23)c(Cl)c1. The molecule has 1 saturated carbocycles. The summed E-state index contributed by atoms with van der Waals surface area (Å²) in [4.78, 5) is 12.1. The minimum atomic E-state index is 0.575. The fourth-order valence-corrected chi connectivity index (χ4v) is 4.52. The van der Waals surface area contributed by atoms with Gasteiger partial charge >= 0.3 is 0 Å². The smallest absolute Gasteiger partial charge is 0.166 e. The predicted octanol–water partition coefficient (Wildman–Crippen LogP) is 5.65. The number of rotatable bonds is 8. The molecule has 0 radical (unpaired) electrons. The van der Waals surface area contributed by atoms with Crippen molar-refractivity contribution < 1.29 is 4.74 Å². The van der Waals surface area contributed by atoms with Crippen molar-refractivity contribution in [1.29, 1.82) is 0 Å². The lowest BCUT2D eigenvalue weighted by Crippen LogP contribution is -2.31. The molecule has 0 unspecified atom stereocenters. The number of fused-ring (bicyclic) bond motifs is 1. The highest BCUT2D eigenvalue weighted by Crippen LogP contribution is 2.38. The van der Waals surface area contributed by atoms with Crippen molar-refractivity contribution in [3.63, 3.8) is 0 Å². The van der Waals surface area contributed by atoms with Gasteiger partial charge in [-0.3, -0.25) is 9.38 Å². The van der Waals surface area contributed by atoms with Gasteiger partial charge in [-0.1, -0.05) is 25.4 Å². The van der Waals surface area contributed by atoms with Crippen LogP contribution in [-0.4, -0.2) is 40.8 Å². The fourth-order valence-electron chi connectivity index (χ4n) is 3.67. The van der Waals surface area contributed by atoms with Crippen molar-refractivity contribution in [1.82, 2.24) is 14.4 Å². The molecule has 0 spiro atoms. The monoisotopic (exact) mass is 430 g/mol. The summed E-state index contributed by atoms with van der Waals surface area (Å²) < 4.78 is 7.47. The molecular weight excluding hydrogens is 404 g/mol. The lowest BCUT2D eigenvalue weighted by atomic mass is 10.1. The molecule has 2 heterocycles. The third-order valence-corrected chi connectivity index (χ3v) is 6.14. The zero-order chi connectivity index (χ0) is 20.5. The quantitative estimate of drug-likeness (QED) is 0.432. The number of aromatic nitrogens is 3. The number of halogens is 1. The van der Waals surface area contributed by atoms with Gasteiger partial charge in [0.25, 0.3) is 0 Å². The Labute approximate surface area is 181 Å². The number of thioether (sulfide) groups is 1. The Hall–Kier alpha value is -1.92. The van der Waals surface area contributed by atoms with Gasteiger partial charge in [-0.25, -0.2) is 4.98 Å². The average molecular weight is 431 g/mol. The molecule has 29 heavy (non-hydrogen) atoms. The van der Waals surface area contributed by atoms with Crippen LogP contribution < -0.4 is 9.64 Å². The number of hydrogen-bond donors (Lipinski definition) is 0. The molecule has 0 atom stereocenters. The number of anilines is 1. The van der Waals surface area contributed by atoms with Crippen molar-refractivity contribution in [3.05, 3.63) is 35.6 Å². The second-order valence-corrected chi connectivity index (χ2v) is 9.20. The molecule has 2 aromatic heterocycles. The summed E-state index contributed by atoms with van der Waals surface area (Å²) in [5.41, 5.74) is 2.49. The van der Waals surface area contributed by atoms with E-state index in [1.165, 1.54) is 18.7 Å². The summed E-state index contributed by atoms with van der Waals surface area (Å²) in [7, 11) is 1.64. The molecule has 4 rings (SSSR count). The van der Waals surface area contributed by atoms with Crippen molar-refractivity contribution in [3.8, 4) is 17.0 Å². The first-order chi connectivity index (χ1) is 14.0. The normalized spacial score (nSPS) is 14.0. The van der Waals surface area contributed by atoms with Gasteiger partial charge in [0.2, 0.25) is 0 Å². The topological polar surface area (TPSA) is 42.7 Å². The molecule has 0 bridgehead atoms. The van der Waals surface area contributed by atoms with Gasteiger partial charge in [0.15, 0.2) is 5.65 Å². The standard InChI is InChI=1S/C22H27ClN4OS/c1-14(2)12-26(13-15-5-6-15)22-21(29-4)25-20-19(24-9-10-27(20)22)17-8-7-16(28-3)11-18(17)23/h7-11,14-15H,5-6,12-13H2,1-4H3. The van der Waals surface area contributed by atoms with Gasteiger partial charge in [-0.05, 0) is 49.1 Å². The van der Waals surface area contributed by atoms with Crippen LogP contribution in [0.4, 0.5) is 5.82 Å². The van der Waals surface area contributed by atoms with E-state index < -0.39 is 0 Å². The summed E-state index contributed by atoms with van der Waals surface area (Å²) >= 11 is 8.24. The Balaban J connectivity index is 1.85. The van der Waals surface area contributed by atoms with Gasteiger partial charge < -0.3 is 9.64 Å². The molecule has 7 heteroatoms. The molecule has 1 aliphatic rings. The van der Waals surface area contributed by atoms with Crippen LogP contribution in [-0.2, 0) is 0 Å². The Bertz CT molecular complexity index is 1010. The van der Waals surface area contributed by atoms with E-state index in [0.29, 0.717) is 10.9 Å². The molecule has 0 aliphatic heterocycles. The van der Waals surface area contributed by atoms with E-state index >= 15 is 0 Å². The average Bonchev–Trinajstić information content (AvgIpc) is 3.43. The second kappa shape index (κ2) is 8.44. The number of nitrogens with zero attached hydrogens (tertiary/aromatic N) is 4. The molecule has 5 nitrogen and oxygen atoms in total. The van der Waals surface area contributed by atoms with Crippen LogP contribution in [0, 0.1) is 11.8 Å². The molecule has 154 valence electrons. The summed E-state index contributed by atoms with van der Waals surface area (Å²) in [6.07, 6.45) is 8.59. The van der Waals surface area contributed by atoms with Crippen molar-refractivity contribution >= 4 is 34.8 Å². The van der Waals surface area contributed by atoms with Crippen LogP contribution in [0.1, 0.15) is 26.7 Å². The van der Waals surface area contributed by atoms with Crippen LogP contribution in [0.3, 0.4) is 0 Å². The Morgan fingerprint density at radius 2 is 2.14 bits per heavy atom. The summed E-state index contributed by atoms with van der Waals surface area (Å²) in [6.45, 7) is 6.64. The highest BCUT2D eigenvalue weighted by molar-refractivity contribution is 7.98. The molecular formula is C22H27ClN4OS. The first kappa shape index (κ1) is 20.4.